The van der Waals surface area contributed by atoms with Crippen LogP contribution in [-0.2, 0) is 6.42 Å². The molecule has 1 aromatic heterocycles. The Kier molecular flexibility index (Phi) is 5.37. The van der Waals surface area contributed by atoms with Crippen molar-refractivity contribution in [2.45, 2.75) is 20.3 Å². The molecular weight excluding hydrogens is 348 g/mol. The number of nitrogens with zero attached hydrogens (tertiary/aromatic N) is 5. The Morgan fingerprint density at radius 3 is 2.43 bits per heavy atom. The van der Waals surface area contributed by atoms with Crippen molar-refractivity contribution in [2.75, 3.05) is 41.3 Å². The van der Waals surface area contributed by atoms with Gasteiger partial charge < -0.3 is 15.1 Å². The summed E-state index contributed by atoms with van der Waals surface area (Å²) >= 11 is 0. The Bertz CT molecular complexity index is 916. The maximum absolute atomic E-state index is 4.67. The van der Waals surface area contributed by atoms with Crippen molar-refractivity contribution < 1.29 is 0 Å². The van der Waals surface area contributed by atoms with E-state index in [1.165, 1.54) is 16.8 Å². The average Bonchev–Trinajstić information content (AvgIpc) is 2.75. The molecule has 4 rings (SSSR count). The van der Waals surface area contributed by atoms with Gasteiger partial charge in [-0.3, -0.25) is 0 Å². The first kappa shape index (κ1) is 18.2. The van der Waals surface area contributed by atoms with Crippen LogP contribution in [0.15, 0.2) is 54.7 Å². The molecule has 144 valence electrons. The van der Waals surface area contributed by atoms with Crippen LogP contribution in [0.3, 0.4) is 0 Å². The van der Waals surface area contributed by atoms with Gasteiger partial charge in [-0.25, -0.2) is 0 Å². The van der Waals surface area contributed by atoms with Crippen LogP contribution >= 0.6 is 0 Å². The van der Waals surface area contributed by atoms with Gasteiger partial charge in [-0.15, -0.1) is 5.10 Å². The molecule has 0 saturated carbocycles. The predicted octanol–water partition coefficient (Wildman–Crippen LogP) is 3.81. The SMILES string of the molecule is CCc1ccc(Nc2cnnc(N3CCN(c4cccc(C)c4)CC3)n2)cc1. The second-order valence-corrected chi connectivity index (χ2v) is 7.13. The summed E-state index contributed by atoms with van der Waals surface area (Å²) in [6, 6.07) is 17.1. The molecule has 2 aromatic carbocycles. The van der Waals surface area contributed by atoms with E-state index in [1.807, 2.05) is 0 Å². The minimum absolute atomic E-state index is 0.680. The lowest BCUT2D eigenvalue weighted by atomic mass is 10.1. The van der Waals surface area contributed by atoms with Gasteiger partial charge >= 0.3 is 0 Å². The van der Waals surface area contributed by atoms with E-state index < -0.39 is 0 Å². The largest absolute Gasteiger partial charge is 0.368 e. The lowest BCUT2D eigenvalue weighted by Gasteiger charge is -2.36. The van der Waals surface area contributed by atoms with Gasteiger partial charge in [-0.1, -0.05) is 31.2 Å². The third-order valence-electron chi connectivity index (χ3n) is 5.11. The summed E-state index contributed by atoms with van der Waals surface area (Å²) in [6.45, 7) is 7.94. The summed E-state index contributed by atoms with van der Waals surface area (Å²) in [5.74, 6) is 1.40. The number of aromatic nitrogens is 3. The van der Waals surface area contributed by atoms with Crippen molar-refractivity contribution in [1.29, 1.82) is 0 Å². The van der Waals surface area contributed by atoms with Crippen molar-refractivity contribution in [1.82, 2.24) is 15.2 Å². The molecule has 1 fully saturated rings. The van der Waals surface area contributed by atoms with E-state index in [2.05, 4.69) is 92.7 Å². The van der Waals surface area contributed by atoms with E-state index in [0.717, 1.165) is 44.1 Å². The number of rotatable bonds is 5. The van der Waals surface area contributed by atoms with E-state index in [-0.39, 0.29) is 0 Å². The van der Waals surface area contributed by atoms with Crippen LogP contribution in [0.2, 0.25) is 0 Å². The van der Waals surface area contributed by atoms with E-state index in [9.17, 15) is 0 Å². The van der Waals surface area contributed by atoms with E-state index >= 15 is 0 Å². The Labute approximate surface area is 166 Å². The fraction of sp³-hybridized carbons (Fsp3) is 0.318. The summed E-state index contributed by atoms with van der Waals surface area (Å²) < 4.78 is 0. The molecule has 0 aliphatic carbocycles. The van der Waals surface area contributed by atoms with E-state index in [1.54, 1.807) is 6.20 Å². The van der Waals surface area contributed by atoms with Gasteiger partial charge in [0.05, 0.1) is 6.20 Å². The van der Waals surface area contributed by atoms with Crippen molar-refractivity contribution in [2.24, 2.45) is 0 Å². The van der Waals surface area contributed by atoms with Crippen LogP contribution in [-0.4, -0.2) is 41.4 Å². The Balaban J connectivity index is 1.40. The van der Waals surface area contributed by atoms with Gasteiger partial charge in [0, 0.05) is 37.6 Å². The van der Waals surface area contributed by atoms with E-state index in [0.29, 0.717) is 5.95 Å². The predicted molar refractivity (Wildman–Crippen MR) is 115 cm³/mol. The second kappa shape index (κ2) is 8.25. The minimum Gasteiger partial charge on any atom is -0.368 e. The van der Waals surface area contributed by atoms with Crippen LogP contribution in [0.1, 0.15) is 18.1 Å². The molecule has 0 radical (unpaired) electrons. The van der Waals surface area contributed by atoms with Crippen LogP contribution < -0.4 is 15.1 Å². The molecule has 0 bridgehead atoms. The number of piperazine rings is 1. The summed E-state index contributed by atoms with van der Waals surface area (Å²) in [5, 5.41) is 11.7. The molecule has 28 heavy (non-hydrogen) atoms. The third kappa shape index (κ3) is 4.22. The van der Waals surface area contributed by atoms with Crippen molar-refractivity contribution >= 4 is 23.1 Å². The highest BCUT2D eigenvalue weighted by Gasteiger charge is 2.20. The van der Waals surface area contributed by atoms with Crippen LogP contribution in [0.4, 0.5) is 23.1 Å². The quantitative estimate of drug-likeness (QED) is 0.733. The highest BCUT2D eigenvalue weighted by atomic mass is 15.4. The maximum Gasteiger partial charge on any atom is 0.247 e. The zero-order valence-electron chi connectivity index (χ0n) is 16.5. The number of anilines is 4. The number of aryl methyl sites for hydroxylation is 2. The van der Waals surface area contributed by atoms with Crippen LogP contribution in [0.25, 0.3) is 0 Å². The summed E-state index contributed by atoms with van der Waals surface area (Å²) in [4.78, 5) is 9.28. The van der Waals surface area contributed by atoms with Gasteiger partial charge in [0.1, 0.15) is 0 Å². The molecule has 3 aromatic rings. The minimum atomic E-state index is 0.680. The average molecular weight is 374 g/mol. The van der Waals surface area contributed by atoms with E-state index in [4.69, 9.17) is 0 Å². The molecule has 0 amide bonds. The topological polar surface area (TPSA) is 57.2 Å². The highest BCUT2D eigenvalue weighted by molar-refractivity contribution is 5.57. The monoisotopic (exact) mass is 374 g/mol. The molecular formula is C22H26N6. The molecule has 6 nitrogen and oxygen atoms in total. The lowest BCUT2D eigenvalue weighted by Crippen LogP contribution is -2.47. The zero-order chi connectivity index (χ0) is 19.3. The first-order chi connectivity index (χ1) is 13.7. The van der Waals surface area contributed by atoms with Crippen molar-refractivity contribution in [3.8, 4) is 0 Å². The number of hydrogen-bond acceptors (Lipinski definition) is 6. The Morgan fingerprint density at radius 1 is 0.964 bits per heavy atom. The Hall–Kier alpha value is -3.15. The van der Waals surface area contributed by atoms with Gasteiger partial charge in [0.15, 0.2) is 5.82 Å². The van der Waals surface area contributed by atoms with Gasteiger partial charge in [-0.05, 0) is 48.7 Å². The molecule has 0 unspecified atom stereocenters. The van der Waals surface area contributed by atoms with Crippen LogP contribution in [0.5, 0.6) is 0 Å². The standard InChI is InChI=1S/C22H26N6/c1-3-18-7-9-19(10-8-18)24-21-16-23-26-22(25-21)28-13-11-27(12-14-28)20-6-4-5-17(2)15-20/h4-10,15-16H,3,11-14H2,1-2H3,(H,24,25,26). The molecule has 6 heteroatoms. The number of benzene rings is 2. The van der Waals surface area contributed by atoms with Gasteiger partial charge in [-0.2, -0.15) is 10.1 Å². The first-order valence-electron chi connectivity index (χ1n) is 9.83. The maximum atomic E-state index is 4.67. The van der Waals surface area contributed by atoms with Crippen molar-refractivity contribution in [3.05, 3.63) is 65.9 Å². The third-order valence-corrected chi connectivity index (χ3v) is 5.11. The fourth-order valence-corrected chi connectivity index (χ4v) is 3.45. The summed E-state index contributed by atoms with van der Waals surface area (Å²) in [7, 11) is 0. The first-order valence-corrected chi connectivity index (χ1v) is 9.83. The molecule has 0 atom stereocenters. The van der Waals surface area contributed by atoms with Crippen molar-refractivity contribution in [3.63, 3.8) is 0 Å². The molecule has 1 N–H and O–H groups in total. The molecule has 2 heterocycles. The zero-order valence-corrected chi connectivity index (χ0v) is 16.5. The Morgan fingerprint density at radius 2 is 1.71 bits per heavy atom. The highest BCUT2D eigenvalue weighted by Crippen LogP contribution is 2.21. The molecule has 1 aliphatic rings. The smallest absolute Gasteiger partial charge is 0.247 e. The van der Waals surface area contributed by atoms with Crippen LogP contribution in [0, 0.1) is 6.92 Å². The second-order valence-electron chi connectivity index (χ2n) is 7.13. The lowest BCUT2D eigenvalue weighted by molar-refractivity contribution is 0.635. The molecule has 0 spiro atoms. The number of nitrogens with one attached hydrogen (secondary N) is 1. The fourth-order valence-electron chi connectivity index (χ4n) is 3.45. The molecule has 1 saturated heterocycles. The molecule has 1 aliphatic heterocycles. The normalized spacial score (nSPS) is 14.2. The summed E-state index contributed by atoms with van der Waals surface area (Å²) in [6.07, 6.45) is 2.70. The van der Waals surface area contributed by atoms with Gasteiger partial charge in [0.2, 0.25) is 5.95 Å². The van der Waals surface area contributed by atoms with Gasteiger partial charge in [0.25, 0.3) is 0 Å². The summed E-state index contributed by atoms with van der Waals surface area (Å²) in [5.41, 5.74) is 4.90. The number of hydrogen-bond donors (Lipinski definition) is 1.